The van der Waals surface area contributed by atoms with Crippen LogP contribution in [-0.4, -0.2) is 30.6 Å². The minimum Gasteiger partial charge on any atom is -0.313 e. The van der Waals surface area contributed by atoms with Gasteiger partial charge in [0.25, 0.3) is 0 Å². The maximum Gasteiger partial charge on any atom is 0.0328 e. The number of thiophene rings is 1. The molecule has 17 heavy (non-hydrogen) atoms. The lowest BCUT2D eigenvalue weighted by Crippen LogP contribution is -2.38. The predicted molar refractivity (Wildman–Crippen MR) is 75.5 cm³/mol. The van der Waals surface area contributed by atoms with Crippen LogP contribution in [0.5, 0.6) is 0 Å². The Kier molecular flexibility index (Phi) is 5.01. The first-order valence-electron chi connectivity index (χ1n) is 6.72. The monoisotopic (exact) mass is 252 g/mol. The van der Waals surface area contributed by atoms with Gasteiger partial charge in [0, 0.05) is 30.6 Å². The molecule has 1 fully saturated rings. The minimum absolute atomic E-state index is 0.716. The fourth-order valence-corrected chi connectivity index (χ4v) is 3.31. The zero-order chi connectivity index (χ0) is 12.1. The van der Waals surface area contributed by atoms with Crippen LogP contribution in [0.4, 0.5) is 0 Å². The van der Waals surface area contributed by atoms with E-state index >= 15 is 0 Å². The summed E-state index contributed by atoms with van der Waals surface area (Å²) in [7, 11) is 0. The normalized spacial score (nSPS) is 20.6. The van der Waals surface area contributed by atoms with Crippen LogP contribution in [0.2, 0.25) is 0 Å². The Morgan fingerprint density at radius 1 is 1.53 bits per heavy atom. The summed E-state index contributed by atoms with van der Waals surface area (Å²) in [5.41, 5.74) is 0. The summed E-state index contributed by atoms with van der Waals surface area (Å²) in [5.74, 6) is 0.747. The van der Waals surface area contributed by atoms with Gasteiger partial charge in [0.05, 0.1) is 0 Å². The molecule has 96 valence electrons. The highest BCUT2D eigenvalue weighted by Gasteiger charge is 2.18. The molecule has 0 radical (unpaired) electrons. The molecule has 1 saturated heterocycles. The van der Waals surface area contributed by atoms with Gasteiger partial charge in [-0.1, -0.05) is 19.9 Å². The smallest absolute Gasteiger partial charge is 0.0328 e. The second-order valence-corrected chi connectivity index (χ2v) is 6.49. The number of nitrogens with zero attached hydrogens (tertiary/aromatic N) is 1. The Balaban J connectivity index is 1.87. The highest BCUT2D eigenvalue weighted by atomic mass is 32.1. The average molecular weight is 252 g/mol. The van der Waals surface area contributed by atoms with Gasteiger partial charge >= 0.3 is 0 Å². The predicted octanol–water partition coefficient (Wildman–Crippen LogP) is 2.96. The summed E-state index contributed by atoms with van der Waals surface area (Å²) in [6.45, 7) is 9.35. The maximum absolute atomic E-state index is 3.60. The molecule has 0 bridgehead atoms. The van der Waals surface area contributed by atoms with Gasteiger partial charge in [-0.3, -0.25) is 4.90 Å². The molecule has 1 unspecified atom stereocenters. The van der Waals surface area contributed by atoms with Crippen LogP contribution >= 0.6 is 11.3 Å². The fourth-order valence-electron chi connectivity index (χ4n) is 2.57. The van der Waals surface area contributed by atoms with Crippen molar-refractivity contribution in [1.82, 2.24) is 10.2 Å². The van der Waals surface area contributed by atoms with Crippen molar-refractivity contribution < 1.29 is 0 Å². The van der Waals surface area contributed by atoms with Gasteiger partial charge in [0.15, 0.2) is 0 Å². The molecule has 0 spiro atoms. The van der Waals surface area contributed by atoms with Crippen LogP contribution in [0.1, 0.15) is 31.6 Å². The second-order valence-electron chi connectivity index (χ2n) is 5.46. The number of nitrogens with one attached hydrogen (secondary N) is 1. The van der Waals surface area contributed by atoms with Crippen molar-refractivity contribution in [3.05, 3.63) is 22.4 Å². The van der Waals surface area contributed by atoms with E-state index in [1.54, 1.807) is 0 Å². The molecular weight excluding hydrogens is 228 g/mol. The lowest BCUT2D eigenvalue weighted by Gasteiger charge is -2.26. The van der Waals surface area contributed by atoms with E-state index in [4.69, 9.17) is 0 Å². The summed E-state index contributed by atoms with van der Waals surface area (Å²) in [6.07, 6.45) is 2.69. The van der Waals surface area contributed by atoms with Crippen molar-refractivity contribution in [2.75, 3.05) is 19.6 Å². The molecule has 1 aromatic rings. The summed E-state index contributed by atoms with van der Waals surface area (Å²) in [6, 6.07) is 5.12. The van der Waals surface area contributed by atoms with Gasteiger partial charge < -0.3 is 5.32 Å². The van der Waals surface area contributed by atoms with Gasteiger partial charge in [0.2, 0.25) is 0 Å². The first kappa shape index (κ1) is 13.1. The van der Waals surface area contributed by atoms with E-state index in [1.807, 2.05) is 11.3 Å². The van der Waals surface area contributed by atoms with E-state index in [1.165, 1.54) is 37.4 Å². The first-order chi connectivity index (χ1) is 8.24. The molecule has 1 atom stereocenters. The van der Waals surface area contributed by atoms with E-state index in [-0.39, 0.29) is 0 Å². The second kappa shape index (κ2) is 6.53. The molecular formula is C14H24N2S. The molecule has 2 heterocycles. The van der Waals surface area contributed by atoms with Gasteiger partial charge in [0.1, 0.15) is 0 Å². The molecule has 0 aliphatic carbocycles. The van der Waals surface area contributed by atoms with E-state index in [0.717, 1.165) is 12.5 Å². The first-order valence-corrected chi connectivity index (χ1v) is 7.60. The van der Waals surface area contributed by atoms with Crippen molar-refractivity contribution in [3.63, 3.8) is 0 Å². The van der Waals surface area contributed by atoms with Gasteiger partial charge in [-0.15, -0.1) is 11.3 Å². The fraction of sp³-hybridized carbons (Fsp3) is 0.714. The molecule has 3 heteroatoms. The summed E-state index contributed by atoms with van der Waals surface area (Å²) < 4.78 is 0. The van der Waals surface area contributed by atoms with Gasteiger partial charge in [-0.25, -0.2) is 0 Å². The minimum atomic E-state index is 0.716. The molecule has 0 amide bonds. The molecule has 1 aromatic heterocycles. The highest BCUT2D eigenvalue weighted by molar-refractivity contribution is 7.09. The molecule has 2 nitrogen and oxygen atoms in total. The number of rotatable bonds is 6. The standard InChI is InChI=1S/C14H24N2S/c1-12(2)9-16(10-13-5-3-7-15-13)11-14-6-4-8-17-14/h4,6,8,12-13,15H,3,5,7,9-11H2,1-2H3. The number of hydrogen-bond acceptors (Lipinski definition) is 3. The molecule has 2 rings (SSSR count). The summed E-state index contributed by atoms with van der Waals surface area (Å²) in [4.78, 5) is 4.10. The van der Waals surface area contributed by atoms with Crippen LogP contribution in [-0.2, 0) is 6.54 Å². The number of hydrogen-bond donors (Lipinski definition) is 1. The maximum atomic E-state index is 3.60. The quantitative estimate of drug-likeness (QED) is 0.837. The van der Waals surface area contributed by atoms with Crippen molar-refractivity contribution >= 4 is 11.3 Å². The van der Waals surface area contributed by atoms with Crippen molar-refractivity contribution in [2.45, 2.75) is 39.3 Å². The summed E-state index contributed by atoms with van der Waals surface area (Å²) >= 11 is 1.87. The molecule has 0 saturated carbocycles. The van der Waals surface area contributed by atoms with E-state index in [9.17, 15) is 0 Å². The Morgan fingerprint density at radius 2 is 2.41 bits per heavy atom. The zero-order valence-electron chi connectivity index (χ0n) is 11.0. The highest BCUT2D eigenvalue weighted by Crippen LogP contribution is 2.15. The van der Waals surface area contributed by atoms with Crippen LogP contribution in [0.3, 0.4) is 0 Å². The van der Waals surface area contributed by atoms with Crippen molar-refractivity contribution in [3.8, 4) is 0 Å². The topological polar surface area (TPSA) is 15.3 Å². The van der Waals surface area contributed by atoms with E-state index in [2.05, 4.69) is 41.6 Å². The third kappa shape index (κ3) is 4.41. The zero-order valence-corrected chi connectivity index (χ0v) is 11.8. The third-order valence-corrected chi connectivity index (χ3v) is 4.09. The van der Waals surface area contributed by atoms with Gasteiger partial charge in [-0.05, 0) is 36.8 Å². The Morgan fingerprint density at radius 3 is 3.00 bits per heavy atom. The summed E-state index contributed by atoms with van der Waals surface area (Å²) in [5, 5.41) is 5.78. The van der Waals surface area contributed by atoms with Crippen LogP contribution in [0.15, 0.2) is 17.5 Å². The van der Waals surface area contributed by atoms with Crippen molar-refractivity contribution in [2.24, 2.45) is 5.92 Å². The van der Waals surface area contributed by atoms with E-state index in [0.29, 0.717) is 6.04 Å². The Hall–Kier alpha value is -0.380. The Labute approximate surface area is 109 Å². The van der Waals surface area contributed by atoms with Gasteiger partial charge in [-0.2, -0.15) is 0 Å². The van der Waals surface area contributed by atoms with Crippen LogP contribution < -0.4 is 5.32 Å². The third-order valence-electron chi connectivity index (χ3n) is 3.22. The lowest BCUT2D eigenvalue weighted by molar-refractivity contribution is 0.218. The molecule has 1 N–H and O–H groups in total. The molecule has 1 aliphatic heterocycles. The van der Waals surface area contributed by atoms with E-state index < -0.39 is 0 Å². The van der Waals surface area contributed by atoms with Crippen LogP contribution in [0, 0.1) is 5.92 Å². The molecule has 0 aromatic carbocycles. The average Bonchev–Trinajstić information content (AvgIpc) is 2.89. The SMILES string of the molecule is CC(C)CN(Cc1cccs1)CC1CCCN1. The Bertz CT molecular complexity index is 302. The lowest BCUT2D eigenvalue weighted by atomic mass is 10.1. The van der Waals surface area contributed by atoms with Crippen molar-refractivity contribution in [1.29, 1.82) is 0 Å². The molecule has 1 aliphatic rings. The van der Waals surface area contributed by atoms with Crippen LogP contribution in [0.25, 0.3) is 0 Å². The largest absolute Gasteiger partial charge is 0.313 e.